The maximum Gasteiger partial charge on any atom is 0.151 e. The highest BCUT2D eigenvalue weighted by Gasteiger charge is 2.06. The van der Waals surface area contributed by atoms with Gasteiger partial charge in [-0.3, -0.25) is 4.90 Å². The lowest BCUT2D eigenvalue weighted by Gasteiger charge is -2.12. The average molecular weight is 257 g/mol. The van der Waals surface area contributed by atoms with Crippen LogP contribution in [-0.2, 0) is 13.1 Å². The Kier molecular flexibility index (Phi) is 7.32. The van der Waals surface area contributed by atoms with Crippen molar-refractivity contribution in [2.24, 2.45) is 0 Å². The van der Waals surface area contributed by atoms with E-state index in [1.165, 1.54) is 0 Å². The minimum atomic E-state index is 0.797. The molecule has 1 rings (SSSR count). The van der Waals surface area contributed by atoms with E-state index in [9.17, 15) is 0 Å². The SMILES string of the molecule is CCCNCc1cc(CN(C)CCSC)on1. The first-order chi connectivity index (χ1) is 8.26. The fraction of sp³-hybridized carbons (Fsp3) is 0.750. The molecule has 98 valence electrons. The van der Waals surface area contributed by atoms with Gasteiger partial charge >= 0.3 is 0 Å². The molecular weight excluding hydrogens is 234 g/mol. The van der Waals surface area contributed by atoms with E-state index in [0.717, 1.165) is 49.8 Å². The Morgan fingerprint density at radius 2 is 2.35 bits per heavy atom. The predicted molar refractivity (Wildman–Crippen MR) is 73.2 cm³/mol. The molecule has 4 nitrogen and oxygen atoms in total. The van der Waals surface area contributed by atoms with Gasteiger partial charge in [-0.25, -0.2) is 0 Å². The molecule has 0 bridgehead atoms. The largest absolute Gasteiger partial charge is 0.360 e. The van der Waals surface area contributed by atoms with Gasteiger partial charge in [0.25, 0.3) is 0 Å². The minimum absolute atomic E-state index is 0.797. The van der Waals surface area contributed by atoms with Crippen LogP contribution in [-0.4, -0.2) is 42.2 Å². The van der Waals surface area contributed by atoms with Crippen molar-refractivity contribution in [1.82, 2.24) is 15.4 Å². The average Bonchev–Trinajstić information content (AvgIpc) is 2.74. The summed E-state index contributed by atoms with van der Waals surface area (Å²) in [4.78, 5) is 2.25. The minimum Gasteiger partial charge on any atom is -0.360 e. The van der Waals surface area contributed by atoms with Gasteiger partial charge in [0.1, 0.15) is 0 Å². The zero-order chi connectivity index (χ0) is 12.5. The van der Waals surface area contributed by atoms with Gasteiger partial charge in [-0.2, -0.15) is 11.8 Å². The van der Waals surface area contributed by atoms with E-state index >= 15 is 0 Å². The number of hydrogen-bond acceptors (Lipinski definition) is 5. The molecule has 0 aliphatic rings. The van der Waals surface area contributed by atoms with Crippen molar-refractivity contribution in [1.29, 1.82) is 0 Å². The Morgan fingerprint density at radius 3 is 3.06 bits per heavy atom. The van der Waals surface area contributed by atoms with E-state index in [2.05, 4.69) is 35.6 Å². The molecule has 1 aromatic rings. The molecule has 0 radical (unpaired) electrons. The summed E-state index contributed by atoms with van der Waals surface area (Å²) >= 11 is 1.86. The van der Waals surface area contributed by atoms with Crippen LogP contribution in [0.1, 0.15) is 24.8 Å². The highest BCUT2D eigenvalue weighted by Crippen LogP contribution is 2.06. The highest BCUT2D eigenvalue weighted by atomic mass is 32.2. The maximum atomic E-state index is 5.31. The standard InChI is InChI=1S/C12H23N3OS/c1-4-5-13-9-11-8-12(16-14-11)10-15(2)6-7-17-3/h8,13H,4-7,9-10H2,1-3H3. The van der Waals surface area contributed by atoms with Gasteiger partial charge in [0.05, 0.1) is 12.2 Å². The number of aromatic nitrogens is 1. The quantitative estimate of drug-likeness (QED) is 0.685. The Morgan fingerprint density at radius 1 is 1.53 bits per heavy atom. The van der Waals surface area contributed by atoms with Crippen molar-refractivity contribution in [2.45, 2.75) is 26.4 Å². The van der Waals surface area contributed by atoms with Gasteiger partial charge < -0.3 is 9.84 Å². The van der Waals surface area contributed by atoms with Gasteiger partial charge in [0.15, 0.2) is 5.76 Å². The van der Waals surface area contributed by atoms with Gasteiger partial charge in [-0.1, -0.05) is 12.1 Å². The fourth-order valence-electron chi connectivity index (χ4n) is 1.50. The van der Waals surface area contributed by atoms with E-state index in [1.54, 1.807) is 0 Å². The van der Waals surface area contributed by atoms with Crippen LogP contribution in [0, 0.1) is 0 Å². The lowest BCUT2D eigenvalue weighted by Crippen LogP contribution is -2.20. The summed E-state index contributed by atoms with van der Waals surface area (Å²) in [5.74, 6) is 2.09. The molecule has 0 aromatic carbocycles. The normalized spacial score (nSPS) is 11.3. The summed E-state index contributed by atoms with van der Waals surface area (Å²) in [6.07, 6.45) is 3.27. The molecule has 1 N–H and O–H groups in total. The third-order valence-corrected chi connectivity index (χ3v) is 3.03. The number of rotatable bonds is 9. The third kappa shape index (κ3) is 6.10. The highest BCUT2D eigenvalue weighted by molar-refractivity contribution is 7.98. The van der Waals surface area contributed by atoms with Crippen LogP contribution in [0.4, 0.5) is 0 Å². The third-order valence-electron chi connectivity index (χ3n) is 2.44. The van der Waals surface area contributed by atoms with Crippen LogP contribution in [0.15, 0.2) is 10.6 Å². The Labute approximate surface area is 108 Å². The van der Waals surface area contributed by atoms with Crippen LogP contribution in [0.5, 0.6) is 0 Å². The Hall–Kier alpha value is -0.520. The van der Waals surface area contributed by atoms with Crippen molar-refractivity contribution in [3.63, 3.8) is 0 Å². The van der Waals surface area contributed by atoms with Crippen LogP contribution < -0.4 is 5.32 Å². The molecule has 0 atom stereocenters. The zero-order valence-electron chi connectivity index (χ0n) is 11.0. The number of nitrogens with zero attached hydrogens (tertiary/aromatic N) is 2. The second-order valence-corrected chi connectivity index (χ2v) is 5.18. The molecule has 0 spiro atoms. The van der Waals surface area contributed by atoms with Crippen molar-refractivity contribution in [2.75, 3.05) is 32.1 Å². The number of nitrogens with one attached hydrogen (secondary N) is 1. The van der Waals surface area contributed by atoms with Crippen LogP contribution >= 0.6 is 11.8 Å². The number of thioether (sulfide) groups is 1. The van der Waals surface area contributed by atoms with Crippen molar-refractivity contribution in [3.05, 3.63) is 17.5 Å². The van der Waals surface area contributed by atoms with Crippen LogP contribution in [0.2, 0.25) is 0 Å². The maximum absolute atomic E-state index is 5.31. The Bertz CT molecular complexity index is 304. The lowest BCUT2D eigenvalue weighted by molar-refractivity contribution is 0.283. The molecule has 0 saturated carbocycles. The second kappa shape index (κ2) is 8.55. The van der Waals surface area contributed by atoms with Crippen molar-refractivity contribution < 1.29 is 4.52 Å². The predicted octanol–water partition coefficient (Wildman–Crippen LogP) is 1.97. The molecular formula is C12H23N3OS. The molecule has 0 amide bonds. The van der Waals surface area contributed by atoms with Crippen LogP contribution in [0.25, 0.3) is 0 Å². The first kappa shape index (κ1) is 14.5. The van der Waals surface area contributed by atoms with Crippen molar-refractivity contribution >= 4 is 11.8 Å². The summed E-state index contributed by atoms with van der Waals surface area (Å²) in [6.45, 7) is 5.89. The molecule has 0 aliphatic heterocycles. The summed E-state index contributed by atoms with van der Waals surface area (Å²) in [7, 11) is 2.10. The molecule has 0 unspecified atom stereocenters. The van der Waals surface area contributed by atoms with E-state index in [-0.39, 0.29) is 0 Å². The smallest absolute Gasteiger partial charge is 0.151 e. The van der Waals surface area contributed by atoms with Gasteiger partial charge in [0.2, 0.25) is 0 Å². The monoisotopic (exact) mass is 257 g/mol. The van der Waals surface area contributed by atoms with E-state index in [4.69, 9.17) is 4.52 Å². The summed E-state index contributed by atoms with van der Waals surface area (Å²) in [5.41, 5.74) is 0.992. The fourth-order valence-corrected chi connectivity index (χ4v) is 1.99. The summed E-state index contributed by atoms with van der Waals surface area (Å²) in [5, 5.41) is 7.36. The van der Waals surface area contributed by atoms with Gasteiger partial charge in [-0.05, 0) is 26.3 Å². The Balaban J connectivity index is 2.29. The molecule has 0 saturated heterocycles. The van der Waals surface area contributed by atoms with E-state index in [1.807, 2.05) is 17.8 Å². The molecule has 1 aromatic heterocycles. The molecule has 1 heterocycles. The van der Waals surface area contributed by atoms with E-state index < -0.39 is 0 Å². The van der Waals surface area contributed by atoms with Crippen molar-refractivity contribution in [3.8, 4) is 0 Å². The molecule has 17 heavy (non-hydrogen) atoms. The summed E-state index contributed by atoms with van der Waals surface area (Å²) in [6, 6.07) is 2.04. The van der Waals surface area contributed by atoms with Gasteiger partial charge in [0, 0.05) is 24.9 Å². The topological polar surface area (TPSA) is 41.3 Å². The molecule has 5 heteroatoms. The number of hydrogen-bond donors (Lipinski definition) is 1. The summed E-state index contributed by atoms with van der Waals surface area (Å²) < 4.78 is 5.31. The second-order valence-electron chi connectivity index (χ2n) is 4.19. The zero-order valence-corrected chi connectivity index (χ0v) is 11.8. The van der Waals surface area contributed by atoms with Crippen LogP contribution in [0.3, 0.4) is 0 Å². The molecule has 0 aliphatic carbocycles. The molecule has 0 fully saturated rings. The van der Waals surface area contributed by atoms with E-state index in [0.29, 0.717) is 0 Å². The first-order valence-corrected chi connectivity index (χ1v) is 7.48. The lowest BCUT2D eigenvalue weighted by atomic mass is 10.3. The first-order valence-electron chi connectivity index (χ1n) is 6.09. The van der Waals surface area contributed by atoms with Gasteiger partial charge in [-0.15, -0.1) is 0 Å².